The van der Waals surface area contributed by atoms with Crippen molar-refractivity contribution in [3.8, 4) is 0 Å². The molecule has 0 spiro atoms. The highest BCUT2D eigenvalue weighted by molar-refractivity contribution is 5.66. The molecule has 146 valence electrons. The summed E-state index contributed by atoms with van der Waals surface area (Å²) in [7, 11) is 0. The molecule has 0 amide bonds. The summed E-state index contributed by atoms with van der Waals surface area (Å²) in [6, 6.07) is 0. The average Bonchev–Trinajstić information content (AvgIpc) is 2.91. The highest BCUT2D eigenvalue weighted by Crippen LogP contribution is 2.47. The van der Waals surface area contributed by atoms with Gasteiger partial charge in [-0.3, -0.25) is 4.79 Å². The van der Waals surface area contributed by atoms with E-state index in [9.17, 15) is 15.0 Å². The van der Waals surface area contributed by atoms with Crippen molar-refractivity contribution in [2.45, 2.75) is 71.7 Å². The Morgan fingerprint density at radius 3 is 2.62 bits per heavy atom. The van der Waals surface area contributed by atoms with Crippen LogP contribution in [0.2, 0.25) is 0 Å². The first-order chi connectivity index (χ1) is 12.1. The summed E-state index contributed by atoms with van der Waals surface area (Å²) in [6.45, 7) is 15.5. The first-order valence-corrected chi connectivity index (χ1v) is 9.66. The first kappa shape index (κ1) is 20.9. The van der Waals surface area contributed by atoms with Gasteiger partial charge in [0.2, 0.25) is 0 Å². The molecule has 4 nitrogen and oxygen atoms in total. The van der Waals surface area contributed by atoms with Gasteiger partial charge in [-0.2, -0.15) is 0 Å². The molecule has 26 heavy (non-hydrogen) atoms. The lowest BCUT2D eigenvalue weighted by molar-refractivity contribution is -0.152. The monoisotopic (exact) mass is 362 g/mol. The van der Waals surface area contributed by atoms with E-state index in [4.69, 9.17) is 4.74 Å². The van der Waals surface area contributed by atoms with E-state index < -0.39 is 12.2 Å². The summed E-state index contributed by atoms with van der Waals surface area (Å²) in [5.74, 6) is -0.451. The van der Waals surface area contributed by atoms with Crippen LogP contribution in [0.15, 0.2) is 36.0 Å². The predicted molar refractivity (Wildman–Crippen MR) is 103 cm³/mol. The van der Waals surface area contributed by atoms with E-state index in [0.29, 0.717) is 12.8 Å². The number of fused-ring (bicyclic) bond motifs is 1. The minimum absolute atomic E-state index is 0.00813. The second kappa shape index (κ2) is 8.53. The SMILES string of the molecule is C=C(C)CC[C@H](OC(C)=O)[C@@H](C)[C@@H]1C[C@@H](O)C(=C)[C@@H]2CC=C(C)[C@H]2[C@@H]1O. The van der Waals surface area contributed by atoms with E-state index in [1.807, 2.05) is 20.8 Å². The first-order valence-electron chi connectivity index (χ1n) is 9.66. The number of carbonyl (C=O) groups excluding carboxylic acids is 1. The van der Waals surface area contributed by atoms with Gasteiger partial charge in [0, 0.05) is 12.8 Å². The second-order valence-corrected chi connectivity index (χ2v) is 8.30. The van der Waals surface area contributed by atoms with Crippen molar-refractivity contribution in [1.82, 2.24) is 0 Å². The van der Waals surface area contributed by atoms with Crippen LogP contribution in [-0.4, -0.2) is 34.5 Å². The van der Waals surface area contributed by atoms with Crippen molar-refractivity contribution in [3.05, 3.63) is 36.0 Å². The molecule has 0 aliphatic heterocycles. The zero-order valence-corrected chi connectivity index (χ0v) is 16.6. The van der Waals surface area contributed by atoms with Crippen LogP contribution in [0.4, 0.5) is 0 Å². The smallest absolute Gasteiger partial charge is 0.302 e. The molecule has 2 aliphatic rings. The van der Waals surface area contributed by atoms with Crippen LogP contribution in [0.1, 0.15) is 53.4 Å². The molecule has 0 aromatic rings. The minimum Gasteiger partial charge on any atom is -0.462 e. The molecule has 1 fully saturated rings. The number of hydrogen-bond acceptors (Lipinski definition) is 4. The summed E-state index contributed by atoms with van der Waals surface area (Å²) in [4.78, 5) is 11.6. The summed E-state index contributed by atoms with van der Waals surface area (Å²) in [6.07, 6.45) is 3.36. The number of ether oxygens (including phenoxy) is 1. The molecule has 2 rings (SSSR count). The third kappa shape index (κ3) is 4.47. The van der Waals surface area contributed by atoms with Crippen molar-refractivity contribution >= 4 is 5.97 Å². The number of carbonyl (C=O) groups is 1. The van der Waals surface area contributed by atoms with Crippen LogP contribution in [0.25, 0.3) is 0 Å². The maximum Gasteiger partial charge on any atom is 0.302 e. The number of hydrogen-bond donors (Lipinski definition) is 2. The van der Waals surface area contributed by atoms with E-state index in [2.05, 4.69) is 19.2 Å². The van der Waals surface area contributed by atoms with Crippen molar-refractivity contribution in [3.63, 3.8) is 0 Å². The zero-order valence-electron chi connectivity index (χ0n) is 16.6. The third-order valence-electron chi connectivity index (χ3n) is 6.29. The van der Waals surface area contributed by atoms with Gasteiger partial charge < -0.3 is 14.9 Å². The Kier molecular flexibility index (Phi) is 6.86. The Hall–Kier alpha value is -1.39. The molecule has 1 saturated carbocycles. The van der Waals surface area contributed by atoms with Gasteiger partial charge >= 0.3 is 5.97 Å². The van der Waals surface area contributed by atoms with Crippen LogP contribution in [0.3, 0.4) is 0 Å². The predicted octanol–water partition coefficient (Wildman–Crippen LogP) is 3.79. The van der Waals surface area contributed by atoms with E-state index in [-0.39, 0.29) is 35.7 Å². The van der Waals surface area contributed by atoms with Gasteiger partial charge in [0.15, 0.2) is 0 Å². The van der Waals surface area contributed by atoms with E-state index >= 15 is 0 Å². The molecular formula is C22H34O4. The molecule has 0 radical (unpaired) electrons. The van der Waals surface area contributed by atoms with Gasteiger partial charge in [0.25, 0.3) is 0 Å². The number of aliphatic hydroxyl groups is 2. The van der Waals surface area contributed by atoms with Gasteiger partial charge in [-0.05, 0) is 62.9 Å². The topological polar surface area (TPSA) is 66.8 Å². The standard InChI is InChI=1S/C22H34O4/c1-12(2)7-10-20(26-16(6)23)15(5)18-11-19(24)14(4)17-9-8-13(3)21(17)22(18)25/h8,15,17-22,24-25H,1,4,7,9-11H2,2-3,5-6H3/t15-,17-,18-,19+,20-,21+,22+/m0/s1. The highest BCUT2D eigenvalue weighted by Gasteiger charge is 2.46. The number of allylic oxidation sites excluding steroid dienone is 2. The fourth-order valence-electron chi connectivity index (χ4n) is 4.70. The highest BCUT2D eigenvalue weighted by atomic mass is 16.5. The largest absolute Gasteiger partial charge is 0.462 e. The van der Waals surface area contributed by atoms with Gasteiger partial charge in [-0.15, -0.1) is 6.58 Å². The van der Waals surface area contributed by atoms with Crippen LogP contribution in [0.5, 0.6) is 0 Å². The number of rotatable bonds is 6. The molecule has 0 bridgehead atoms. The molecule has 0 unspecified atom stereocenters. The van der Waals surface area contributed by atoms with Crippen LogP contribution >= 0.6 is 0 Å². The minimum atomic E-state index is -0.634. The number of aliphatic hydroxyl groups excluding tert-OH is 2. The lowest BCUT2D eigenvalue weighted by atomic mass is 9.75. The zero-order chi connectivity index (χ0) is 19.6. The van der Waals surface area contributed by atoms with Gasteiger partial charge in [0.1, 0.15) is 6.10 Å². The Morgan fingerprint density at radius 1 is 1.38 bits per heavy atom. The quantitative estimate of drug-likeness (QED) is 0.557. The lowest BCUT2D eigenvalue weighted by Crippen LogP contribution is -2.40. The Labute approximate surface area is 157 Å². The fraction of sp³-hybridized carbons (Fsp3) is 0.682. The lowest BCUT2D eigenvalue weighted by Gasteiger charge is -2.36. The van der Waals surface area contributed by atoms with Gasteiger partial charge in [0.05, 0.1) is 12.2 Å². The van der Waals surface area contributed by atoms with E-state index in [0.717, 1.165) is 24.0 Å². The van der Waals surface area contributed by atoms with Gasteiger partial charge in [-0.1, -0.05) is 30.7 Å². The average molecular weight is 363 g/mol. The van der Waals surface area contributed by atoms with E-state index in [1.54, 1.807) is 0 Å². The number of esters is 1. The maximum absolute atomic E-state index is 11.6. The normalized spacial score (nSPS) is 33.7. The Bertz CT molecular complexity index is 591. The Balaban J connectivity index is 2.26. The molecule has 4 heteroatoms. The van der Waals surface area contributed by atoms with Gasteiger partial charge in [-0.25, -0.2) is 0 Å². The summed E-state index contributed by atoms with van der Waals surface area (Å²) in [5.41, 5.74) is 3.03. The molecule has 0 aromatic heterocycles. The molecule has 2 aliphatic carbocycles. The molecule has 0 aromatic carbocycles. The summed E-state index contributed by atoms with van der Waals surface area (Å²) >= 11 is 0. The Morgan fingerprint density at radius 2 is 2.04 bits per heavy atom. The maximum atomic E-state index is 11.6. The summed E-state index contributed by atoms with van der Waals surface area (Å²) in [5, 5.41) is 21.9. The van der Waals surface area contributed by atoms with Crippen LogP contribution in [0, 0.1) is 23.7 Å². The van der Waals surface area contributed by atoms with Crippen molar-refractivity contribution < 1.29 is 19.7 Å². The van der Waals surface area contributed by atoms with E-state index in [1.165, 1.54) is 12.5 Å². The third-order valence-corrected chi connectivity index (χ3v) is 6.29. The van der Waals surface area contributed by atoms with Crippen molar-refractivity contribution in [1.29, 1.82) is 0 Å². The molecule has 7 atom stereocenters. The van der Waals surface area contributed by atoms with Crippen molar-refractivity contribution in [2.24, 2.45) is 23.7 Å². The van der Waals surface area contributed by atoms with Crippen LogP contribution < -0.4 is 0 Å². The molecule has 0 saturated heterocycles. The fourth-order valence-corrected chi connectivity index (χ4v) is 4.70. The van der Waals surface area contributed by atoms with Crippen molar-refractivity contribution in [2.75, 3.05) is 0 Å². The molecule has 0 heterocycles. The molecular weight excluding hydrogens is 328 g/mol. The van der Waals surface area contributed by atoms with Crippen LogP contribution in [-0.2, 0) is 9.53 Å². The summed E-state index contributed by atoms with van der Waals surface area (Å²) < 4.78 is 5.60. The molecule has 2 N–H and O–H groups in total. The second-order valence-electron chi connectivity index (χ2n) is 8.30.